The van der Waals surface area contributed by atoms with Crippen molar-refractivity contribution in [3.05, 3.63) is 36.0 Å². The predicted octanol–water partition coefficient (Wildman–Crippen LogP) is 11.6. The smallest absolute Gasteiger partial charge is 0.0797 e. The van der Waals surface area contributed by atoms with Crippen molar-refractivity contribution in [3.63, 3.8) is 0 Å². The van der Waals surface area contributed by atoms with Crippen LogP contribution >= 0.6 is 17.4 Å². The molecule has 4 aliphatic rings. The molecule has 0 radical (unpaired) electrons. The molecule has 0 aromatic carbocycles. The maximum Gasteiger partial charge on any atom is 0.0797 e. The monoisotopic (exact) mass is 662 g/mol. The number of fused-ring (bicyclic) bond motifs is 2. The molecule has 0 spiro atoms. The first-order valence-electron chi connectivity index (χ1n) is 18.3. The fourth-order valence-corrected chi connectivity index (χ4v) is 11.4. The van der Waals surface area contributed by atoms with Crippen LogP contribution < -0.4 is 0 Å². The van der Waals surface area contributed by atoms with E-state index in [1.807, 2.05) is 6.92 Å². The topological polar surface area (TPSA) is 49.7 Å². The molecule has 4 aliphatic carbocycles. The number of allylic oxidation sites excluding steroid dienone is 3. The lowest BCUT2D eigenvalue weighted by atomic mass is 9.45. The van der Waals surface area contributed by atoms with Crippen LogP contribution in [0.25, 0.3) is 0 Å². The second-order valence-electron chi connectivity index (χ2n) is 17.8. The Morgan fingerprint density at radius 2 is 1.78 bits per heavy atom. The summed E-state index contributed by atoms with van der Waals surface area (Å²) in [5.74, 6) is 2.63. The van der Waals surface area contributed by atoms with Crippen molar-refractivity contribution < 1.29 is 14.7 Å². The van der Waals surface area contributed by atoms with Gasteiger partial charge in [0.25, 0.3) is 0 Å². The van der Waals surface area contributed by atoms with Crippen LogP contribution in [0.5, 0.6) is 0 Å². The highest BCUT2D eigenvalue weighted by molar-refractivity contribution is 8.00. The van der Waals surface area contributed by atoms with Crippen molar-refractivity contribution in [2.45, 2.75) is 164 Å². The number of hydrogen-bond donors (Lipinski definition) is 2. The summed E-state index contributed by atoms with van der Waals surface area (Å²) in [6.45, 7) is 27.8. The minimum Gasteiger partial charge on any atom is -0.390 e. The SMILES string of the molecule is C/C(=C/COPP)CCC1C(C)(O)CCC2C(C)(C)CCCC21C.C=CC(C)(O)CCC1(C)C(C)CCC2(C)C(C)=CCCC21. The largest absolute Gasteiger partial charge is 0.390 e. The van der Waals surface area contributed by atoms with Gasteiger partial charge < -0.3 is 14.7 Å². The molecule has 0 bridgehead atoms. The molecule has 3 saturated carbocycles. The Kier molecular flexibility index (Phi) is 13.3. The van der Waals surface area contributed by atoms with E-state index in [4.69, 9.17) is 4.52 Å². The molecule has 0 aromatic heterocycles. The van der Waals surface area contributed by atoms with Gasteiger partial charge in [0.2, 0.25) is 0 Å². The highest BCUT2D eigenvalue weighted by Gasteiger charge is 2.57. The van der Waals surface area contributed by atoms with Gasteiger partial charge in [-0.2, -0.15) is 0 Å². The van der Waals surface area contributed by atoms with Gasteiger partial charge in [0.15, 0.2) is 0 Å². The molecule has 11 atom stereocenters. The number of aliphatic hydroxyl groups is 2. The van der Waals surface area contributed by atoms with E-state index >= 15 is 0 Å². The van der Waals surface area contributed by atoms with Gasteiger partial charge in [0, 0.05) is 8.50 Å². The van der Waals surface area contributed by atoms with Gasteiger partial charge in [-0.25, -0.2) is 0 Å². The lowest BCUT2D eigenvalue weighted by Gasteiger charge is -2.61. The van der Waals surface area contributed by atoms with Crippen LogP contribution in [-0.4, -0.2) is 28.0 Å². The highest BCUT2D eigenvalue weighted by Crippen LogP contribution is 2.64. The third kappa shape index (κ3) is 8.77. The quantitative estimate of drug-likeness (QED) is 0.139. The average Bonchev–Trinajstić information content (AvgIpc) is 2.95. The fraction of sp³-hybridized carbons (Fsp3) is 0.850. The maximum absolute atomic E-state index is 11.2. The minimum absolute atomic E-state index is 0.279. The molecule has 0 aliphatic heterocycles. The van der Waals surface area contributed by atoms with Gasteiger partial charge in [-0.05, 0) is 150 Å². The van der Waals surface area contributed by atoms with Gasteiger partial charge in [-0.3, -0.25) is 0 Å². The minimum atomic E-state index is -0.726. The van der Waals surface area contributed by atoms with E-state index in [1.165, 1.54) is 56.9 Å². The summed E-state index contributed by atoms with van der Waals surface area (Å²) in [4.78, 5) is 0. The summed E-state index contributed by atoms with van der Waals surface area (Å²) in [5, 5.41) is 21.5. The third-order valence-electron chi connectivity index (χ3n) is 14.4. The van der Waals surface area contributed by atoms with Crippen LogP contribution in [0.3, 0.4) is 0 Å². The Labute approximate surface area is 283 Å². The van der Waals surface area contributed by atoms with Crippen LogP contribution in [0, 0.1) is 45.3 Å². The van der Waals surface area contributed by atoms with Crippen molar-refractivity contribution in [1.82, 2.24) is 0 Å². The second kappa shape index (κ2) is 15.2. The van der Waals surface area contributed by atoms with Gasteiger partial charge in [-0.15, -0.1) is 6.58 Å². The van der Waals surface area contributed by atoms with Gasteiger partial charge in [-0.1, -0.05) is 86.3 Å². The van der Waals surface area contributed by atoms with Crippen molar-refractivity contribution in [2.75, 3.05) is 6.61 Å². The van der Waals surface area contributed by atoms with Crippen molar-refractivity contribution in [1.29, 1.82) is 0 Å². The number of hydrogen-bond acceptors (Lipinski definition) is 3. The van der Waals surface area contributed by atoms with E-state index in [2.05, 4.69) is 90.0 Å². The molecular formula is C40H72O3P2. The molecule has 3 fully saturated rings. The van der Waals surface area contributed by atoms with E-state index in [9.17, 15) is 10.2 Å². The second-order valence-corrected chi connectivity index (χ2v) is 19.0. The Hall–Kier alpha value is -0.0400. The van der Waals surface area contributed by atoms with Gasteiger partial charge in [0.1, 0.15) is 0 Å². The van der Waals surface area contributed by atoms with E-state index in [0.29, 0.717) is 37.3 Å². The normalized spacial score (nSPS) is 41.3. The molecule has 0 aromatic rings. The zero-order valence-electron chi connectivity index (χ0n) is 31.0. The van der Waals surface area contributed by atoms with Crippen molar-refractivity contribution in [3.8, 4) is 0 Å². The first-order valence-corrected chi connectivity index (χ1v) is 21.0. The molecule has 45 heavy (non-hydrogen) atoms. The van der Waals surface area contributed by atoms with E-state index in [0.717, 1.165) is 49.9 Å². The zero-order chi connectivity index (χ0) is 33.9. The fourth-order valence-electron chi connectivity index (χ4n) is 10.9. The van der Waals surface area contributed by atoms with Crippen molar-refractivity contribution >= 4 is 17.4 Å². The molecule has 0 saturated heterocycles. The summed E-state index contributed by atoms with van der Waals surface area (Å²) >= 11 is 0. The Morgan fingerprint density at radius 1 is 1.09 bits per heavy atom. The maximum atomic E-state index is 11.2. The Bertz CT molecular complexity index is 1060. The van der Waals surface area contributed by atoms with Crippen LogP contribution in [0.15, 0.2) is 36.0 Å². The summed E-state index contributed by atoms with van der Waals surface area (Å²) in [6, 6.07) is 0. The molecule has 0 heterocycles. The van der Waals surface area contributed by atoms with Crippen LogP contribution in [-0.2, 0) is 4.52 Å². The molecule has 4 rings (SSSR count). The first kappa shape index (κ1) is 39.4. The molecule has 2 N–H and O–H groups in total. The lowest BCUT2D eigenvalue weighted by molar-refractivity contribution is -0.168. The Balaban J connectivity index is 0.000000248. The summed E-state index contributed by atoms with van der Waals surface area (Å²) in [6.07, 6.45) is 21.7. The van der Waals surface area contributed by atoms with Crippen LogP contribution in [0.1, 0.15) is 153 Å². The molecule has 11 unspecified atom stereocenters. The molecule has 260 valence electrons. The summed E-state index contributed by atoms with van der Waals surface area (Å²) in [7, 11) is 3.10. The van der Waals surface area contributed by atoms with E-state index < -0.39 is 11.2 Å². The summed E-state index contributed by atoms with van der Waals surface area (Å²) < 4.78 is 5.43. The van der Waals surface area contributed by atoms with Gasteiger partial charge >= 0.3 is 0 Å². The highest BCUT2D eigenvalue weighted by atomic mass is 32.0. The average molecular weight is 663 g/mol. The molecule has 3 nitrogen and oxygen atoms in total. The van der Waals surface area contributed by atoms with E-state index in [-0.39, 0.29) is 5.41 Å². The lowest BCUT2D eigenvalue weighted by Crippen LogP contribution is -2.57. The van der Waals surface area contributed by atoms with Crippen LogP contribution in [0.2, 0.25) is 0 Å². The Morgan fingerprint density at radius 3 is 2.42 bits per heavy atom. The third-order valence-corrected chi connectivity index (χ3v) is 15.2. The predicted molar refractivity (Wildman–Crippen MR) is 201 cm³/mol. The number of rotatable bonds is 10. The van der Waals surface area contributed by atoms with Gasteiger partial charge in [0.05, 0.1) is 17.8 Å². The molecule has 0 amide bonds. The first-order chi connectivity index (χ1) is 20.8. The van der Waals surface area contributed by atoms with Crippen molar-refractivity contribution in [2.24, 2.45) is 45.3 Å². The van der Waals surface area contributed by atoms with Crippen LogP contribution in [0.4, 0.5) is 0 Å². The molecule has 5 heteroatoms. The standard InChI is InChI=1S/C20H38O2P2.C20H34O/c1-15(10-14-22-24-23)7-8-17-19(4)12-6-11-18(2,3)16(19)9-13-20(17,5)21;1-7-18(4,21)13-14-20(6)16(3)11-12-19(5)15(2)9-8-10-17(19)20/h10,16-17,21,24H,6-9,11-14,23H2,1-5H3;7,9,16-17,21H,1,8,10-14H2,2-6H3/b15-10-;. The van der Waals surface area contributed by atoms with E-state index in [1.54, 1.807) is 11.6 Å². The molecular weight excluding hydrogens is 590 g/mol. The summed E-state index contributed by atoms with van der Waals surface area (Å²) in [5.41, 5.74) is 3.16. The zero-order valence-corrected chi connectivity index (χ0v) is 33.2.